The highest BCUT2D eigenvalue weighted by atomic mass is 16.3. The van der Waals surface area contributed by atoms with Crippen LogP contribution in [-0.4, -0.2) is 20.8 Å². The van der Waals surface area contributed by atoms with E-state index in [9.17, 15) is 5.11 Å². The van der Waals surface area contributed by atoms with Gasteiger partial charge in [-0.1, -0.05) is 30.3 Å². The molecular formula is C23H16N4O. The molecule has 0 saturated heterocycles. The Hall–Kier alpha value is -3.99. The van der Waals surface area contributed by atoms with Crippen molar-refractivity contribution in [3.05, 3.63) is 100 Å². The molecule has 0 aliphatic carbocycles. The topological polar surface area (TPSA) is 73.6 Å². The van der Waals surface area contributed by atoms with E-state index < -0.39 is 0 Å². The highest BCUT2D eigenvalue weighted by Gasteiger charge is 2.10. The number of aromatic hydroxyl groups is 1. The fraction of sp³-hybridized carbons (Fsp3) is 0. The molecule has 0 amide bonds. The summed E-state index contributed by atoms with van der Waals surface area (Å²) < 4.78 is 0. The van der Waals surface area contributed by atoms with Crippen molar-refractivity contribution >= 4 is 28.8 Å². The Balaban J connectivity index is 1.55. The minimum atomic E-state index is 0.165. The number of nitrogens with one attached hydrogen (secondary N) is 1. The van der Waals surface area contributed by atoms with E-state index in [4.69, 9.17) is 0 Å². The van der Waals surface area contributed by atoms with Crippen molar-refractivity contribution in [2.24, 2.45) is 10.2 Å². The molecule has 1 aliphatic rings. The molecule has 0 unspecified atom stereocenters. The van der Waals surface area contributed by atoms with Crippen molar-refractivity contribution in [2.75, 3.05) is 0 Å². The fourth-order valence-corrected chi connectivity index (χ4v) is 3.33. The van der Waals surface area contributed by atoms with Gasteiger partial charge >= 0.3 is 0 Å². The summed E-state index contributed by atoms with van der Waals surface area (Å²) in [6.45, 7) is 0. The number of H-pyrrole nitrogens is 1. The van der Waals surface area contributed by atoms with Crippen molar-refractivity contribution in [3.8, 4) is 5.88 Å². The molecule has 1 aliphatic heterocycles. The van der Waals surface area contributed by atoms with Gasteiger partial charge in [-0.3, -0.25) is 4.98 Å². The lowest BCUT2D eigenvalue weighted by Crippen LogP contribution is -2.15. The highest BCUT2D eigenvalue weighted by Crippen LogP contribution is 2.27. The van der Waals surface area contributed by atoms with Crippen LogP contribution in [-0.2, 0) is 0 Å². The standard InChI is InChI=1S/C23H16N4O/c28-23-18(17-3-1-2-4-20(17)25-23)13-16-6-8-22-19(14-16)21(26-27-22)7-5-15-9-11-24-12-10-15/h1-14,25,28H/b7-5+,16-13+. The number of benzene rings is 2. The molecule has 3 heterocycles. The molecule has 134 valence electrons. The van der Waals surface area contributed by atoms with Crippen LogP contribution < -0.4 is 10.6 Å². The normalized spacial score (nSPS) is 13.7. The zero-order chi connectivity index (χ0) is 18.9. The Morgan fingerprint density at radius 1 is 0.893 bits per heavy atom. The SMILES string of the molecule is Oc1[nH]c2ccccc2c1/C=c1\ccc2c(c1)C(/C=C/c1ccncc1)=NN=2. The molecule has 5 heteroatoms. The third-order valence-electron chi connectivity index (χ3n) is 4.74. The molecule has 0 radical (unpaired) electrons. The molecular weight excluding hydrogens is 348 g/mol. The lowest BCUT2D eigenvalue weighted by molar-refractivity contribution is 0.457. The molecule has 0 atom stereocenters. The summed E-state index contributed by atoms with van der Waals surface area (Å²) in [5, 5.41) is 21.7. The van der Waals surface area contributed by atoms with Gasteiger partial charge in [0.1, 0.15) is 0 Å². The zero-order valence-corrected chi connectivity index (χ0v) is 14.9. The Bertz CT molecular complexity index is 1370. The van der Waals surface area contributed by atoms with E-state index in [2.05, 4.69) is 20.2 Å². The average molecular weight is 364 g/mol. The molecule has 0 saturated carbocycles. The molecule has 28 heavy (non-hydrogen) atoms. The molecule has 0 bridgehead atoms. The number of hydrogen-bond acceptors (Lipinski definition) is 4. The summed E-state index contributed by atoms with van der Waals surface area (Å²) in [6, 6.07) is 17.7. The first-order valence-corrected chi connectivity index (χ1v) is 8.93. The first kappa shape index (κ1) is 16.2. The predicted molar refractivity (Wildman–Crippen MR) is 111 cm³/mol. The van der Waals surface area contributed by atoms with E-state index in [1.54, 1.807) is 12.4 Å². The molecule has 2 N–H and O–H groups in total. The quantitative estimate of drug-likeness (QED) is 0.586. The Labute approximate surface area is 160 Å². The lowest BCUT2D eigenvalue weighted by Gasteiger charge is -1.97. The smallest absolute Gasteiger partial charge is 0.196 e. The van der Waals surface area contributed by atoms with Gasteiger partial charge in [-0.2, -0.15) is 0 Å². The summed E-state index contributed by atoms with van der Waals surface area (Å²) in [7, 11) is 0. The van der Waals surface area contributed by atoms with Gasteiger partial charge < -0.3 is 10.1 Å². The van der Waals surface area contributed by atoms with Crippen LogP contribution in [0.2, 0.25) is 0 Å². The number of hydrogen-bond donors (Lipinski definition) is 2. The molecule has 0 fully saturated rings. The van der Waals surface area contributed by atoms with Crippen molar-refractivity contribution in [1.82, 2.24) is 9.97 Å². The highest BCUT2D eigenvalue weighted by molar-refractivity contribution is 6.11. The predicted octanol–water partition coefficient (Wildman–Crippen LogP) is 3.15. The first-order chi connectivity index (χ1) is 13.8. The number of aromatic nitrogens is 2. The van der Waals surface area contributed by atoms with E-state index in [1.165, 1.54) is 0 Å². The molecule has 5 rings (SSSR count). The van der Waals surface area contributed by atoms with Crippen LogP contribution >= 0.6 is 0 Å². The van der Waals surface area contributed by atoms with Crippen LogP contribution in [0, 0.1) is 0 Å². The van der Waals surface area contributed by atoms with Gasteiger partial charge in [0.2, 0.25) is 0 Å². The number of allylic oxidation sites excluding steroid dienone is 1. The van der Waals surface area contributed by atoms with Gasteiger partial charge in [-0.05, 0) is 53.3 Å². The fourth-order valence-electron chi connectivity index (χ4n) is 3.33. The first-order valence-electron chi connectivity index (χ1n) is 8.93. The Kier molecular flexibility index (Phi) is 3.84. The molecule has 0 spiro atoms. The lowest BCUT2D eigenvalue weighted by atomic mass is 10.1. The number of para-hydroxylation sites is 1. The minimum Gasteiger partial charge on any atom is -0.494 e. The van der Waals surface area contributed by atoms with Crippen LogP contribution in [0.5, 0.6) is 5.88 Å². The largest absolute Gasteiger partial charge is 0.494 e. The van der Waals surface area contributed by atoms with Gasteiger partial charge in [0.15, 0.2) is 5.88 Å². The van der Waals surface area contributed by atoms with Crippen LogP contribution in [0.25, 0.3) is 23.1 Å². The number of aromatic amines is 1. The second-order valence-corrected chi connectivity index (χ2v) is 6.55. The third-order valence-corrected chi connectivity index (χ3v) is 4.74. The van der Waals surface area contributed by atoms with Gasteiger partial charge in [0, 0.05) is 34.4 Å². The molecule has 4 aromatic rings. The summed E-state index contributed by atoms with van der Waals surface area (Å²) in [6.07, 6.45) is 9.44. The van der Waals surface area contributed by atoms with Crippen molar-refractivity contribution in [2.45, 2.75) is 0 Å². The maximum absolute atomic E-state index is 10.3. The monoisotopic (exact) mass is 364 g/mol. The maximum Gasteiger partial charge on any atom is 0.196 e. The Morgan fingerprint density at radius 3 is 2.64 bits per heavy atom. The van der Waals surface area contributed by atoms with Gasteiger partial charge in [0.25, 0.3) is 0 Å². The number of rotatable bonds is 3. The van der Waals surface area contributed by atoms with E-state index in [-0.39, 0.29) is 5.88 Å². The second kappa shape index (κ2) is 6.63. The van der Waals surface area contributed by atoms with E-state index in [0.717, 1.165) is 43.9 Å². The van der Waals surface area contributed by atoms with E-state index in [1.807, 2.05) is 72.8 Å². The summed E-state index contributed by atoms with van der Waals surface area (Å²) >= 11 is 0. The summed E-state index contributed by atoms with van der Waals surface area (Å²) in [5.41, 5.74) is 4.52. The minimum absolute atomic E-state index is 0.165. The average Bonchev–Trinajstić information content (AvgIpc) is 3.28. The van der Waals surface area contributed by atoms with E-state index in [0.29, 0.717) is 0 Å². The number of pyridine rings is 1. The zero-order valence-electron chi connectivity index (χ0n) is 14.9. The maximum atomic E-state index is 10.3. The van der Waals surface area contributed by atoms with Crippen molar-refractivity contribution < 1.29 is 5.11 Å². The van der Waals surface area contributed by atoms with Crippen LogP contribution in [0.15, 0.2) is 83.3 Å². The summed E-state index contributed by atoms with van der Waals surface area (Å²) in [5.74, 6) is 0.165. The number of fused-ring (bicyclic) bond motifs is 2. The second-order valence-electron chi connectivity index (χ2n) is 6.55. The molecule has 2 aromatic carbocycles. The summed E-state index contributed by atoms with van der Waals surface area (Å²) in [4.78, 5) is 7.04. The molecule has 2 aromatic heterocycles. The molecule has 5 nitrogen and oxygen atoms in total. The number of nitrogens with zero attached hydrogens (tertiary/aromatic N) is 3. The van der Waals surface area contributed by atoms with Crippen LogP contribution in [0.4, 0.5) is 0 Å². The van der Waals surface area contributed by atoms with Gasteiger partial charge in [-0.15, -0.1) is 10.2 Å². The van der Waals surface area contributed by atoms with Crippen molar-refractivity contribution in [3.63, 3.8) is 0 Å². The van der Waals surface area contributed by atoms with Gasteiger partial charge in [0.05, 0.1) is 11.1 Å². The van der Waals surface area contributed by atoms with Crippen molar-refractivity contribution in [1.29, 1.82) is 0 Å². The van der Waals surface area contributed by atoms with Crippen LogP contribution in [0.3, 0.4) is 0 Å². The van der Waals surface area contributed by atoms with E-state index >= 15 is 0 Å². The van der Waals surface area contributed by atoms with Crippen LogP contribution in [0.1, 0.15) is 16.7 Å². The van der Waals surface area contributed by atoms with Gasteiger partial charge in [-0.25, -0.2) is 0 Å². The Morgan fingerprint density at radius 2 is 1.75 bits per heavy atom. The third kappa shape index (κ3) is 2.89.